The molecule has 1 heterocycles. The monoisotopic (exact) mass is 300 g/mol. The van der Waals surface area contributed by atoms with Gasteiger partial charge in [0.15, 0.2) is 0 Å². The summed E-state index contributed by atoms with van der Waals surface area (Å²) >= 11 is 11.8. The lowest BCUT2D eigenvalue weighted by Crippen LogP contribution is -2.42. The second-order valence-corrected chi connectivity index (χ2v) is 5.28. The molecule has 1 fully saturated rings. The van der Waals surface area contributed by atoms with Crippen LogP contribution in [0.4, 0.5) is 0 Å². The number of nitrogens with one attached hydrogen (secondary N) is 2. The second kappa shape index (κ2) is 6.26. The fourth-order valence-electron chi connectivity index (χ4n) is 1.98. The van der Waals surface area contributed by atoms with Gasteiger partial charge >= 0.3 is 0 Å². The molecule has 0 aliphatic carbocycles. The number of carbonyl (C=O) groups is 2. The van der Waals surface area contributed by atoms with Crippen molar-refractivity contribution in [2.75, 3.05) is 6.54 Å². The lowest BCUT2D eigenvalue weighted by Gasteiger charge is -2.11. The van der Waals surface area contributed by atoms with E-state index in [1.54, 1.807) is 12.1 Å². The Balaban J connectivity index is 1.80. The zero-order valence-corrected chi connectivity index (χ0v) is 11.7. The lowest BCUT2D eigenvalue weighted by atomic mass is 10.1. The molecule has 2 N–H and O–H groups in total. The van der Waals surface area contributed by atoms with Crippen LogP contribution < -0.4 is 10.6 Å². The van der Waals surface area contributed by atoms with Gasteiger partial charge in [0.2, 0.25) is 11.8 Å². The van der Waals surface area contributed by atoms with Crippen molar-refractivity contribution in [1.29, 1.82) is 0 Å². The molecule has 6 heteroatoms. The molecule has 4 nitrogen and oxygen atoms in total. The zero-order valence-electron chi connectivity index (χ0n) is 10.2. The predicted octanol–water partition coefficient (Wildman–Crippen LogP) is 1.93. The van der Waals surface area contributed by atoms with Crippen molar-refractivity contribution in [2.45, 2.75) is 25.3 Å². The Morgan fingerprint density at radius 3 is 2.84 bits per heavy atom. The molecular weight excluding hydrogens is 287 g/mol. The highest BCUT2D eigenvalue weighted by molar-refractivity contribution is 6.35. The molecule has 0 aromatic heterocycles. The predicted molar refractivity (Wildman–Crippen MR) is 74.3 cm³/mol. The van der Waals surface area contributed by atoms with Crippen LogP contribution in [0.3, 0.4) is 0 Å². The Morgan fingerprint density at radius 1 is 1.42 bits per heavy atom. The fourth-order valence-corrected chi connectivity index (χ4v) is 2.48. The van der Waals surface area contributed by atoms with Gasteiger partial charge in [0, 0.05) is 23.0 Å². The highest BCUT2D eigenvalue weighted by Crippen LogP contribution is 2.21. The molecule has 1 aliphatic heterocycles. The normalized spacial score (nSPS) is 18.2. The maximum atomic E-state index is 11.7. The van der Waals surface area contributed by atoms with Gasteiger partial charge in [-0.15, -0.1) is 0 Å². The van der Waals surface area contributed by atoms with E-state index >= 15 is 0 Å². The minimum Gasteiger partial charge on any atom is -0.354 e. The average Bonchev–Trinajstić information content (AvgIpc) is 2.78. The van der Waals surface area contributed by atoms with Crippen molar-refractivity contribution >= 4 is 35.0 Å². The first kappa shape index (κ1) is 14.2. The summed E-state index contributed by atoms with van der Waals surface area (Å²) in [5.41, 5.74) is 0.932. The fraction of sp³-hybridized carbons (Fsp3) is 0.385. The summed E-state index contributed by atoms with van der Waals surface area (Å²) in [5.74, 6) is -0.211. The molecule has 0 unspecified atom stereocenters. The van der Waals surface area contributed by atoms with Crippen LogP contribution in [0.5, 0.6) is 0 Å². The molecule has 0 bridgehead atoms. The molecular formula is C13H14Cl2N2O2. The van der Waals surface area contributed by atoms with E-state index in [4.69, 9.17) is 23.2 Å². The summed E-state index contributed by atoms with van der Waals surface area (Å²) in [4.78, 5) is 22.7. The van der Waals surface area contributed by atoms with Gasteiger partial charge in [-0.1, -0.05) is 29.3 Å². The molecule has 0 saturated carbocycles. The standard InChI is InChI=1S/C13H14Cl2N2O2/c14-9-2-1-8(10(15)7-9)5-6-16-13(19)11-3-4-12(18)17-11/h1-2,7,11H,3-6H2,(H,16,19)(H,17,18)/t11-/m0/s1. The van der Waals surface area contributed by atoms with Crippen LogP contribution in [-0.4, -0.2) is 24.4 Å². The van der Waals surface area contributed by atoms with Gasteiger partial charge in [-0.3, -0.25) is 9.59 Å². The summed E-state index contributed by atoms with van der Waals surface area (Å²) in [6.45, 7) is 0.479. The first-order valence-corrected chi connectivity index (χ1v) is 6.83. The summed E-state index contributed by atoms with van der Waals surface area (Å²) in [6, 6.07) is 4.89. The highest BCUT2D eigenvalue weighted by atomic mass is 35.5. The van der Waals surface area contributed by atoms with Crippen LogP contribution in [0.15, 0.2) is 18.2 Å². The van der Waals surface area contributed by atoms with Crippen molar-refractivity contribution in [3.8, 4) is 0 Å². The molecule has 1 aromatic carbocycles. The van der Waals surface area contributed by atoms with E-state index in [-0.39, 0.29) is 11.8 Å². The van der Waals surface area contributed by atoms with Crippen LogP contribution in [0.2, 0.25) is 10.0 Å². The molecule has 102 valence electrons. The minimum atomic E-state index is -0.395. The van der Waals surface area contributed by atoms with E-state index in [0.717, 1.165) is 5.56 Å². The summed E-state index contributed by atoms with van der Waals surface area (Å²) in [5, 5.41) is 6.60. The Bertz CT molecular complexity index is 505. The molecule has 1 atom stereocenters. The largest absolute Gasteiger partial charge is 0.354 e. The average molecular weight is 301 g/mol. The van der Waals surface area contributed by atoms with Crippen molar-refractivity contribution < 1.29 is 9.59 Å². The number of rotatable bonds is 4. The number of carbonyl (C=O) groups excluding carboxylic acids is 2. The quantitative estimate of drug-likeness (QED) is 0.893. The van der Waals surface area contributed by atoms with Gasteiger partial charge in [0.1, 0.15) is 6.04 Å². The second-order valence-electron chi connectivity index (χ2n) is 4.44. The first-order chi connectivity index (χ1) is 9.06. The molecule has 1 aromatic rings. The van der Waals surface area contributed by atoms with Gasteiger partial charge in [-0.2, -0.15) is 0 Å². The van der Waals surface area contributed by atoms with E-state index in [9.17, 15) is 9.59 Å². The van der Waals surface area contributed by atoms with Gasteiger partial charge in [0.05, 0.1) is 0 Å². The van der Waals surface area contributed by atoms with Crippen LogP contribution >= 0.6 is 23.2 Å². The Labute approximate surface area is 121 Å². The van der Waals surface area contributed by atoms with E-state index in [1.807, 2.05) is 6.07 Å². The number of halogens is 2. The van der Waals surface area contributed by atoms with Crippen molar-refractivity contribution in [3.63, 3.8) is 0 Å². The molecule has 1 saturated heterocycles. The van der Waals surface area contributed by atoms with Crippen molar-refractivity contribution in [3.05, 3.63) is 33.8 Å². The van der Waals surface area contributed by atoms with E-state index < -0.39 is 6.04 Å². The van der Waals surface area contributed by atoms with Crippen molar-refractivity contribution in [2.24, 2.45) is 0 Å². The maximum absolute atomic E-state index is 11.7. The van der Waals surface area contributed by atoms with Crippen LogP contribution in [0, 0.1) is 0 Å². The minimum absolute atomic E-state index is 0.0686. The van der Waals surface area contributed by atoms with Crippen LogP contribution in [-0.2, 0) is 16.0 Å². The molecule has 2 rings (SSSR count). The molecule has 0 spiro atoms. The number of benzene rings is 1. The maximum Gasteiger partial charge on any atom is 0.242 e. The van der Waals surface area contributed by atoms with Gasteiger partial charge < -0.3 is 10.6 Å². The molecule has 2 amide bonds. The highest BCUT2D eigenvalue weighted by Gasteiger charge is 2.26. The number of hydrogen-bond donors (Lipinski definition) is 2. The Hall–Kier alpha value is -1.26. The molecule has 0 radical (unpaired) electrons. The summed E-state index contributed by atoms with van der Waals surface area (Å²) in [7, 11) is 0. The first-order valence-electron chi connectivity index (χ1n) is 6.07. The Morgan fingerprint density at radius 2 is 2.21 bits per heavy atom. The van der Waals surface area contributed by atoms with Gasteiger partial charge in [-0.05, 0) is 30.5 Å². The number of amides is 2. The lowest BCUT2D eigenvalue weighted by molar-refractivity contribution is -0.125. The van der Waals surface area contributed by atoms with E-state index in [0.29, 0.717) is 35.9 Å². The third-order valence-electron chi connectivity index (χ3n) is 3.02. The third kappa shape index (κ3) is 3.85. The molecule has 19 heavy (non-hydrogen) atoms. The van der Waals surface area contributed by atoms with Gasteiger partial charge in [-0.25, -0.2) is 0 Å². The SMILES string of the molecule is O=C1CC[C@@H](C(=O)NCCc2ccc(Cl)cc2Cl)N1. The molecule has 1 aliphatic rings. The van der Waals surface area contributed by atoms with Gasteiger partial charge in [0.25, 0.3) is 0 Å². The van der Waals surface area contributed by atoms with Crippen molar-refractivity contribution in [1.82, 2.24) is 10.6 Å². The summed E-state index contributed by atoms with van der Waals surface area (Å²) < 4.78 is 0. The van der Waals surface area contributed by atoms with E-state index in [2.05, 4.69) is 10.6 Å². The van der Waals surface area contributed by atoms with Crippen LogP contribution in [0.1, 0.15) is 18.4 Å². The zero-order chi connectivity index (χ0) is 13.8. The van der Waals surface area contributed by atoms with Crippen LogP contribution in [0.25, 0.3) is 0 Å². The topological polar surface area (TPSA) is 58.2 Å². The van der Waals surface area contributed by atoms with E-state index in [1.165, 1.54) is 0 Å². The third-order valence-corrected chi connectivity index (χ3v) is 3.61. The number of hydrogen-bond acceptors (Lipinski definition) is 2. The smallest absolute Gasteiger partial charge is 0.242 e. The summed E-state index contributed by atoms with van der Waals surface area (Å²) in [6.07, 6.45) is 1.61. The Kier molecular flexibility index (Phi) is 4.66.